The van der Waals surface area contributed by atoms with E-state index in [0.29, 0.717) is 0 Å². The van der Waals surface area contributed by atoms with Crippen molar-refractivity contribution in [3.05, 3.63) is 0 Å². The van der Waals surface area contributed by atoms with E-state index in [2.05, 4.69) is 0 Å². The molecule has 1 unspecified atom stereocenters. The molecule has 0 saturated heterocycles. The largest absolute Gasteiger partial charge is 0.481 e. The van der Waals surface area contributed by atoms with Crippen LogP contribution < -0.4 is 16.4 Å². The van der Waals surface area contributed by atoms with Gasteiger partial charge in [0.1, 0.15) is 12.1 Å². The van der Waals surface area contributed by atoms with E-state index >= 15 is 0 Å². The van der Waals surface area contributed by atoms with Crippen LogP contribution in [0.3, 0.4) is 0 Å². The van der Waals surface area contributed by atoms with Crippen molar-refractivity contribution in [3.63, 3.8) is 0 Å². The van der Waals surface area contributed by atoms with Crippen LogP contribution >= 0.6 is 0 Å². The Morgan fingerprint density at radius 3 is 1.55 bits per heavy atom. The number of aliphatic carboxylic acids is 3. The van der Waals surface area contributed by atoms with Gasteiger partial charge in [0.2, 0.25) is 5.91 Å². The van der Waals surface area contributed by atoms with Crippen molar-refractivity contribution in [1.29, 1.82) is 0 Å². The van der Waals surface area contributed by atoms with Crippen molar-refractivity contribution in [1.82, 2.24) is 10.6 Å². The van der Waals surface area contributed by atoms with Gasteiger partial charge in [0, 0.05) is 12.8 Å². The van der Waals surface area contributed by atoms with Crippen molar-refractivity contribution in [3.8, 4) is 0 Å². The van der Waals surface area contributed by atoms with Gasteiger partial charge in [0.05, 0.1) is 0 Å². The lowest BCUT2D eigenvalue weighted by molar-refractivity contribution is -0.141. The third-order valence-electron chi connectivity index (χ3n) is 2.53. The second-order valence-electron chi connectivity index (χ2n) is 4.34. The van der Waals surface area contributed by atoms with Crippen molar-refractivity contribution in [2.24, 2.45) is 5.73 Å². The number of carbonyl (C=O) groups excluding carboxylic acids is 2. The molecule has 0 spiro atoms. The summed E-state index contributed by atoms with van der Waals surface area (Å²) in [4.78, 5) is 54.3. The zero-order chi connectivity index (χ0) is 17.3. The van der Waals surface area contributed by atoms with Crippen LogP contribution in [0, 0.1) is 0 Å². The van der Waals surface area contributed by atoms with Crippen LogP contribution in [0.4, 0.5) is 4.79 Å². The average Bonchev–Trinajstić information content (AvgIpc) is 2.38. The van der Waals surface area contributed by atoms with Crippen molar-refractivity contribution in [2.75, 3.05) is 0 Å². The van der Waals surface area contributed by atoms with E-state index in [9.17, 15) is 24.0 Å². The third-order valence-corrected chi connectivity index (χ3v) is 2.53. The fraction of sp³-hybridized carbons (Fsp3) is 0.545. The molecule has 0 aliphatic carbocycles. The van der Waals surface area contributed by atoms with E-state index in [1.807, 2.05) is 10.6 Å². The molecule has 124 valence electrons. The molecular weight excluding hydrogens is 302 g/mol. The molecule has 2 atom stereocenters. The minimum Gasteiger partial charge on any atom is -0.481 e. The molecule has 0 aliphatic heterocycles. The summed E-state index contributed by atoms with van der Waals surface area (Å²) in [7, 11) is 0. The van der Waals surface area contributed by atoms with Gasteiger partial charge < -0.3 is 31.7 Å². The molecule has 0 radical (unpaired) electrons. The smallest absolute Gasteiger partial charge is 0.326 e. The van der Waals surface area contributed by atoms with Gasteiger partial charge in [-0.1, -0.05) is 0 Å². The fourth-order valence-corrected chi connectivity index (χ4v) is 1.43. The summed E-state index contributed by atoms with van der Waals surface area (Å²) < 4.78 is 0. The molecule has 0 saturated carbocycles. The average molecular weight is 319 g/mol. The number of rotatable bonds is 10. The van der Waals surface area contributed by atoms with Crippen molar-refractivity contribution >= 4 is 29.8 Å². The molecule has 22 heavy (non-hydrogen) atoms. The molecule has 0 aliphatic rings. The Morgan fingerprint density at radius 2 is 1.23 bits per heavy atom. The van der Waals surface area contributed by atoms with E-state index in [0.717, 1.165) is 0 Å². The Bertz CT molecular complexity index is 424. The number of amides is 3. The summed E-state index contributed by atoms with van der Waals surface area (Å²) in [5.74, 6) is -4.87. The quantitative estimate of drug-likeness (QED) is 0.274. The van der Waals surface area contributed by atoms with E-state index in [1.165, 1.54) is 0 Å². The summed E-state index contributed by atoms with van der Waals surface area (Å²) in [6, 6.07) is -4.02. The highest BCUT2D eigenvalue weighted by atomic mass is 16.4. The summed E-state index contributed by atoms with van der Waals surface area (Å²) in [6.07, 6.45) is -1.39. The normalized spacial score (nSPS) is 12.7. The molecule has 0 aromatic heterocycles. The SMILES string of the molecule is NC(=O)CCC(NC(=O)N[C@H](CCC(=O)O)C(=O)O)C(=O)O. The van der Waals surface area contributed by atoms with Crippen molar-refractivity contribution in [2.45, 2.75) is 37.8 Å². The number of carbonyl (C=O) groups is 5. The molecule has 7 N–H and O–H groups in total. The zero-order valence-electron chi connectivity index (χ0n) is 11.4. The van der Waals surface area contributed by atoms with Crippen LogP contribution in [-0.2, 0) is 19.2 Å². The van der Waals surface area contributed by atoms with Gasteiger partial charge in [-0.3, -0.25) is 9.59 Å². The second kappa shape index (κ2) is 9.15. The Balaban J connectivity index is 4.57. The maximum atomic E-state index is 11.5. The highest BCUT2D eigenvalue weighted by Gasteiger charge is 2.25. The van der Waals surface area contributed by atoms with Gasteiger partial charge in [0.15, 0.2) is 0 Å². The van der Waals surface area contributed by atoms with E-state index in [4.69, 9.17) is 21.1 Å². The first-order valence-corrected chi connectivity index (χ1v) is 6.16. The Hall–Kier alpha value is -2.85. The van der Waals surface area contributed by atoms with Crippen molar-refractivity contribution < 1.29 is 39.3 Å². The van der Waals surface area contributed by atoms with E-state index < -0.39 is 48.4 Å². The topological polar surface area (TPSA) is 196 Å². The predicted octanol–water partition coefficient (Wildman–Crippen LogP) is -1.68. The minimum absolute atomic E-state index is 0.259. The molecule has 0 aromatic carbocycles. The Morgan fingerprint density at radius 1 is 0.818 bits per heavy atom. The highest BCUT2D eigenvalue weighted by Crippen LogP contribution is 2.00. The lowest BCUT2D eigenvalue weighted by Gasteiger charge is -2.17. The van der Waals surface area contributed by atoms with Gasteiger partial charge in [-0.15, -0.1) is 0 Å². The molecule has 11 nitrogen and oxygen atoms in total. The molecule has 0 fully saturated rings. The first-order valence-electron chi connectivity index (χ1n) is 6.16. The maximum absolute atomic E-state index is 11.5. The van der Waals surface area contributed by atoms with Gasteiger partial charge in [-0.05, 0) is 12.8 Å². The predicted molar refractivity (Wildman–Crippen MR) is 69.8 cm³/mol. The molecule has 0 heterocycles. The minimum atomic E-state index is -1.48. The van der Waals surface area contributed by atoms with Crippen LogP contribution in [0.1, 0.15) is 25.7 Å². The number of nitrogens with two attached hydrogens (primary N) is 1. The zero-order valence-corrected chi connectivity index (χ0v) is 11.4. The number of primary amides is 1. The number of carboxylic acids is 3. The standard InChI is InChI=1S/C11H17N3O8/c12-7(15)3-1-5(9(18)19)13-11(22)14-6(10(20)21)2-4-8(16)17/h5-6H,1-4H2,(H2,12,15)(H,16,17)(H,18,19)(H,20,21)(H2,13,14,22)/t5?,6-/m1/s1. The van der Waals surface area contributed by atoms with E-state index in [-0.39, 0.29) is 19.3 Å². The Labute approximate surface area is 124 Å². The Kier molecular flexibility index (Phi) is 7.97. The van der Waals surface area contributed by atoms with Crippen LogP contribution in [0.15, 0.2) is 0 Å². The van der Waals surface area contributed by atoms with Crippen LogP contribution in [-0.4, -0.2) is 57.2 Å². The molecule has 0 aromatic rings. The number of hydrogen-bond acceptors (Lipinski definition) is 5. The lowest BCUT2D eigenvalue weighted by Crippen LogP contribution is -2.51. The molecular formula is C11H17N3O8. The number of nitrogens with one attached hydrogen (secondary N) is 2. The molecule has 0 bridgehead atoms. The van der Waals surface area contributed by atoms with Crippen LogP contribution in [0.5, 0.6) is 0 Å². The van der Waals surface area contributed by atoms with Gasteiger partial charge in [-0.25, -0.2) is 14.4 Å². The summed E-state index contributed by atoms with van der Waals surface area (Å²) in [6.45, 7) is 0. The number of hydrogen-bond donors (Lipinski definition) is 6. The molecule has 0 rings (SSSR count). The number of carboxylic acid groups (broad SMARTS) is 3. The van der Waals surface area contributed by atoms with Gasteiger partial charge in [0.25, 0.3) is 0 Å². The van der Waals surface area contributed by atoms with E-state index in [1.54, 1.807) is 0 Å². The first kappa shape index (κ1) is 19.1. The maximum Gasteiger partial charge on any atom is 0.326 e. The van der Waals surface area contributed by atoms with Gasteiger partial charge >= 0.3 is 23.9 Å². The van der Waals surface area contributed by atoms with Crippen LogP contribution in [0.25, 0.3) is 0 Å². The first-order chi connectivity index (χ1) is 10.1. The summed E-state index contributed by atoms with van der Waals surface area (Å²) in [5, 5.41) is 30.1. The summed E-state index contributed by atoms with van der Waals surface area (Å²) in [5.41, 5.74) is 4.87. The fourth-order valence-electron chi connectivity index (χ4n) is 1.43. The highest BCUT2D eigenvalue weighted by molar-refractivity contribution is 5.86. The summed E-state index contributed by atoms with van der Waals surface area (Å²) >= 11 is 0. The molecule has 3 amide bonds. The second-order valence-corrected chi connectivity index (χ2v) is 4.34. The third kappa shape index (κ3) is 8.35. The van der Waals surface area contributed by atoms with Crippen LogP contribution in [0.2, 0.25) is 0 Å². The van der Waals surface area contributed by atoms with Gasteiger partial charge in [-0.2, -0.15) is 0 Å². The molecule has 11 heteroatoms. The monoisotopic (exact) mass is 319 g/mol. The number of urea groups is 1. The lowest BCUT2D eigenvalue weighted by atomic mass is 10.1.